The van der Waals surface area contributed by atoms with Crippen LogP contribution in [0, 0.1) is 12.8 Å². The molecular weight excluding hydrogens is 223 g/mol. The molecule has 3 heteroatoms. The van der Waals surface area contributed by atoms with Gasteiger partial charge < -0.3 is 9.84 Å². The Balaban J connectivity index is 1.70. The SMILES string of the molecule is Cc1ccc(OCC(O)CC2CC[B]CC2)cc1. The van der Waals surface area contributed by atoms with E-state index < -0.39 is 0 Å². The van der Waals surface area contributed by atoms with Gasteiger partial charge in [-0.15, -0.1) is 0 Å². The summed E-state index contributed by atoms with van der Waals surface area (Å²) in [6.07, 6.45) is 5.39. The monoisotopic (exact) mass is 245 g/mol. The minimum atomic E-state index is -0.339. The molecule has 1 aliphatic rings. The van der Waals surface area contributed by atoms with Crippen molar-refractivity contribution in [2.75, 3.05) is 6.61 Å². The predicted octanol–water partition coefficient (Wildman–Crippen LogP) is 3.08. The predicted molar refractivity (Wildman–Crippen MR) is 75.4 cm³/mol. The highest BCUT2D eigenvalue weighted by molar-refractivity contribution is 6.35. The average Bonchev–Trinajstić information content (AvgIpc) is 2.39. The zero-order chi connectivity index (χ0) is 12.8. The van der Waals surface area contributed by atoms with Gasteiger partial charge in [-0.05, 0) is 31.4 Å². The van der Waals surface area contributed by atoms with E-state index in [2.05, 4.69) is 14.2 Å². The molecule has 18 heavy (non-hydrogen) atoms. The van der Waals surface area contributed by atoms with E-state index in [0.29, 0.717) is 12.5 Å². The van der Waals surface area contributed by atoms with Crippen molar-refractivity contribution in [3.8, 4) is 5.75 Å². The number of rotatable bonds is 5. The second-order valence-corrected chi connectivity index (χ2v) is 5.32. The molecule has 1 saturated heterocycles. The van der Waals surface area contributed by atoms with Crippen LogP contribution in [0.5, 0.6) is 5.75 Å². The normalized spacial score (nSPS) is 18.1. The Hall–Kier alpha value is -0.955. The van der Waals surface area contributed by atoms with Crippen LogP contribution in [0.25, 0.3) is 0 Å². The maximum atomic E-state index is 9.98. The highest BCUT2D eigenvalue weighted by atomic mass is 16.5. The maximum absolute atomic E-state index is 9.98. The van der Waals surface area contributed by atoms with Crippen molar-refractivity contribution >= 4 is 7.28 Å². The Kier molecular flexibility index (Phi) is 5.12. The largest absolute Gasteiger partial charge is 0.491 e. The van der Waals surface area contributed by atoms with E-state index in [4.69, 9.17) is 4.74 Å². The van der Waals surface area contributed by atoms with E-state index in [-0.39, 0.29) is 6.10 Å². The highest BCUT2D eigenvalue weighted by Crippen LogP contribution is 2.25. The van der Waals surface area contributed by atoms with E-state index in [0.717, 1.165) is 12.2 Å². The number of hydrogen-bond acceptors (Lipinski definition) is 2. The fourth-order valence-corrected chi connectivity index (χ4v) is 2.51. The van der Waals surface area contributed by atoms with Crippen LogP contribution in [0.3, 0.4) is 0 Å². The summed E-state index contributed by atoms with van der Waals surface area (Å²) in [6, 6.07) is 7.96. The Morgan fingerprint density at radius 3 is 2.61 bits per heavy atom. The Labute approximate surface area is 111 Å². The topological polar surface area (TPSA) is 29.5 Å². The Bertz CT molecular complexity index is 344. The minimum Gasteiger partial charge on any atom is -0.491 e. The van der Waals surface area contributed by atoms with Crippen molar-refractivity contribution in [2.45, 2.75) is 44.9 Å². The van der Waals surface area contributed by atoms with Gasteiger partial charge in [0, 0.05) is 0 Å². The third kappa shape index (κ3) is 4.38. The van der Waals surface area contributed by atoms with Gasteiger partial charge in [-0.25, -0.2) is 0 Å². The lowest BCUT2D eigenvalue weighted by Crippen LogP contribution is -2.23. The number of aliphatic hydroxyl groups excluding tert-OH is 1. The van der Waals surface area contributed by atoms with Gasteiger partial charge in [-0.2, -0.15) is 0 Å². The lowest BCUT2D eigenvalue weighted by molar-refractivity contribution is 0.0828. The van der Waals surface area contributed by atoms with Crippen LogP contribution < -0.4 is 4.74 Å². The molecule has 1 radical (unpaired) electrons. The van der Waals surface area contributed by atoms with Crippen molar-refractivity contribution < 1.29 is 9.84 Å². The van der Waals surface area contributed by atoms with Crippen molar-refractivity contribution in [3.05, 3.63) is 29.8 Å². The first-order valence-electron chi connectivity index (χ1n) is 6.93. The summed E-state index contributed by atoms with van der Waals surface area (Å²) < 4.78 is 5.61. The number of hydrogen-bond donors (Lipinski definition) is 1. The molecule has 1 aromatic carbocycles. The standard InChI is InChI=1S/C15H22BO2/c1-12-2-4-15(5-3-12)18-11-14(17)10-13-6-8-16-9-7-13/h2-5,13-14,17H,6-11H2,1H3. The third-order valence-electron chi connectivity index (χ3n) is 3.63. The van der Waals surface area contributed by atoms with Crippen LogP contribution in [0.4, 0.5) is 0 Å². The van der Waals surface area contributed by atoms with Gasteiger partial charge in [0.25, 0.3) is 0 Å². The molecule has 0 aromatic heterocycles. The number of benzene rings is 1. The molecule has 1 aromatic rings. The van der Waals surface area contributed by atoms with Crippen LogP contribution in [0.2, 0.25) is 12.6 Å². The van der Waals surface area contributed by atoms with E-state index in [9.17, 15) is 5.11 Å². The van der Waals surface area contributed by atoms with Crippen LogP contribution in [-0.4, -0.2) is 25.1 Å². The molecule has 2 rings (SSSR count). The van der Waals surface area contributed by atoms with E-state index >= 15 is 0 Å². The van der Waals surface area contributed by atoms with Crippen molar-refractivity contribution in [1.82, 2.24) is 0 Å². The molecule has 1 aliphatic heterocycles. The van der Waals surface area contributed by atoms with Gasteiger partial charge in [-0.1, -0.05) is 43.2 Å². The van der Waals surface area contributed by atoms with Gasteiger partial charge in [0.2, 0.25) is 0 Å². The first-order valence-corrected chi connectivity index (χ1v) is 6.93. The third-order valence-corrected chi connectivity index (χ3v) is 3.63. The van der Waals surface area contributed by atoms with Gasteiger partial charge >= 0.3 is 0 Å². The number of ether oxygens (including phenoxy) is 1. The lowest BCUT2D eigenvalue weighted by atomic mass is 9.61. The summed E-state index contributed by atoms with van der Waals surface area (Å²) in [7, 11) is 2.35. The van der Waals surface area contributed by atoms with Crippen molar-refractivity contribution in [2.24, 2.45) is 5.92 Å². The summed E-state index contributed by atoms with van der Waals surface area (Å²) in [4.78, 5) is 0. The molecular formula is C15H22BO2. The molecule has 0 bridgehead atoms. The van der Waals surface area contributed by atoms with Crippen LogP contribution >= 0.6 is 0 Å². The molecule has 0 aliphatic carbocycles. The quantitative estimate of drug-likeness (QED) is 0.808. The number of aryl methyl sites for hydroxylation is 1. The first kappa shape index (κ1) is 13.5. The van der Waals surface area contributed by atoms with Crippen LogP contribution in [0.1, 0.15) is 24.8 Å². The second-order valence-electron chi connectivity index (χ2n) is 5.32. The Morgan fingerprint density at radius 1 is 1.28 bits per heavy atom. The summed E-state index contributed by atoms with van der Waals surface area (Å²) >= 11 is 0. The number of aliphatic hydroxyl groups is 1. The lowest BCUT2D eigenvalue weighted by Gasteiger charge is -2.23. The molecule has 0 amide bonds. The molecule has 0 saturated carbocycles. The first-order chi connectivity index (χ1) is 8.74. The van der Waals surface area contributed by atoms with Crippen molar-refractivity contribution in [1.29, 1.82) is 0 Å². The maximum Gasteiger partial charge on any atom is 0.119 e. The summed E-state index contributed by atoms with van der Waals surface area (Å²) in [5.74, 6) is 1.52. The second kappa shape index (κ2) is 6.84. The summed E-state index contributed by atoms with van der Waals surface area (Å²) in [5.41, 5.74) is 1.22. The zero-order valence-corrected chi connectivity index (χ0v) is 11.1. The van der Waals surface area contributed by atoms with E-state index in [1.165, 1.54) is 31.0 Å². The average molecular weight is 245 g/mol. The molecule has 1 unspecified atom stereocenters. The molecule has 97 valence electrons. The molecule has 1 N–H and O–H groups in total. The van der Waals surface area contributed by atoms with Gasteiger partial charge in [0.05, 0.1) is 6.10 Å². The van der Waals surface area contributed by atoms with E-state index in [1.54, 1.807) is 0 Å². The van der Waals surface area contributed by atoms with Gasteiger partial charge in [-0.3, -0.25) is 0 Å². The Morgan fingerprint density at radius 2 is 1.94 bits per heavy atom. The van der Waals surface area contributed by atoms with Gasteiger partial charge in [0.1, 0.15) is 19.6 Å². The van der Waals surface area contributed by atoms with Crippen LogP contribution in [0.15, 0.2) is 24.3 Å². The summed E-state index contributed by atoms with van der Waals surface area (Å²) in [6.45, 7) is 2.46. The van der Waals surface area contributed by atoms with E-state index in [1.807, 2.05) is 24.3 Å². The highest BCUT2D eigenvalue weighted by Gasteiger charge is 2.18. The minimum absolute atomic E-state index is 0.339. The fourth-order valence-electron chi connectivity index (χ4n) is 2.51. The molecule has 2 nitrogen and oxygen atoms in total. The smallest absolute Gasteiger partial charge is 0.119 e. The molecule has 0 spiro atoms. The van der Waals surface area contributed by atoms with Crippen LogP contribution in [-0.2, 0) is 0 Å². The summed E-state index contributed by atoms with van der Waals surface area (Å²) in [5, 5.41) is 9.98. The molecule has 1 fully saturated rings. The van der Waals surface area contributed by atoms with Crippen molar-refractivity contribution in [3.63, 3.8) is 0 Å². The molecule has 1 atom stereocenters. The zero-order valence-electron chi connectivity index (χ0n) is 11.1. The molecule has 1 heterocycles. The van der Waals surface area contributed by atoms with Gasteiger partial charge in [0.15, 0.2) is 0 Å². The fraction of sp³-hybridized carbons (Fsp3) is 0.600.